The standard InChI is InChI=1S/C13H20O/c1-3-5-6-12-7-11(4-2)8-13(9-12)10-14/h7-9,14H,3-6,10H2,1-2H3. The van der Waals surface area contributed by atoms with E-state index in [1.807, 2.05) is 0 Å². The number of benzene rings is 1. The van der Waals surface area contributed by atoms with Gasteiger partial charge in [-0.05, 0) is 36.0 Å². The molecule has 0 saturated carbocycles. The minimum atomic E-state index is 0.160. The summed E-state index contributed by atoms with van der Waals surface area (Å²) in [5.41, 5.74) is 3.76. The average molecular weight is 192 g/mol. The first-order valence-electron chi connectivity index (χ1n) is 5.52. The summed E-state index contributed by atoms with van der Waals surface area (Å²) >= 11 is 0. The molecule has 0 atom stereocenters. The lowest BCUT2D eigenvalue weighted by Crippen LogP contribution is -1.93. The fraction of sp³-hybridized carbons (Fsp3) is 0.538. The Hall–Kier alpha value is -0.820. The van der Waals surface area contributed by atoms with Crippen molar-refractivity contribution in [3.05, 3.63) is 34.9 Å². The molecule has 0 aliphatic rings. The van der Waals surface area contributed by atoms with Crippen molar-refractivity contribution >= 4 is 0 Å². The van der Waals surface area contributed by atoms with Crippen LogP contribution in [-0.2, 0) is 19.4 Å². The Kier molecular flexibility index (Phi) is 4.68. The van der Waals surface area contributed by atoms with E-state index in [0.717, 1.165) is 18.4 Å². The van der Waals surface area contributed by atoms with E-state index in [1.165, 1.54) is 24.0 Å². The van der Waals surface area contributed by atoms with Crippen molar-refractivity contribution in [2.45, 2.75) is 46.1 Å². The zero-order valence-corrected chi connectivity index (χ0v) is 9.21. The molecule has 0 bridgehead atoms. The first-order chi connectivity index (χ1) is 6.80. The van der Waals surface area contributed by atoms with Gasteiger partial charge in [-0.3, -0.25) is 0 Å². The molecule has 0 radical (unpaired) electrons. The molecular weight excluding hydrogens is 172 g/mol. The Morgan fingerprint density at radius 2 is 1.64 bits per heavy atom. The van der Waals surface area contributed by atoms with Crippen molar-refractivity contribution in [2.75, 3.05) is 0 Å². The molecule has 1 rings (SSSR count). The molecule has 0 heterocycles. The van der Waals surface area contributed by atoms with E-state index >= 15 is 0 Å². The van der Waals surface area contributed by atoms with Crippen LogP contribution < -0.4 is 0 Å². The van der Waals surface area contributed by atoms with Gasteiger partial charge in [0.05, 0.1) is 6.61 Å². The van der Waals surface area contributed by atoms with Crippen LogP contribution in [0.15, 0.2) is 18.2 Å². The molecule has 0 spiro atoms. The molecule has 0 amide bonds. The molecule has 0 aromatic heterocycles. The molecule has 0 aliphatic carbocycles. The van der Waals surface area contributed by atoms with Gasteiger partial charge in [0.1, 0.15) is 0 Å². The van der Waals surface area contributed by atoms with Gasteiger partial charge in [-0.15, -0.1) is 0 Å². The van der Waals surface area contributed by atoms with Crippen LogP contribution in [0, 0.1) is 0 Å². The maximum Gasteiger partial charge on any atom is 0.0682 e. The summed E-state index contributed by atoms with van der Waals surface area (Å²) < 4.78 is 0. The van der Waals surface area contributed by atoms with Gasteiger partial charge in [0.25, 0.3) is 0 Å². The van der Waals surface area contributed by atoms with Crippen LogP contribution in [0.3, 0.4) is 0 Å². The van der Waals surface area contributed by atoms with Crippen LogP contribution in [0.2, 0.25) is 0 Å². The minimum Gasteiger partial charge on any atom is -0.392 e. The monoisotopic (exact) mass is 192 g/mol. The van der Waals surface area contributed by atoms with E-state index in [2.05, 4.69) is 32.0 Å². The summed E-state index contributed by atoms with van der Waals surface area (Å²) in [6, 6.07) is 6.47. The van der Waals surface area contributed by atoms with Crippen molar-refractivity contribution in [1.29, 1.82) is 0 Å². The average Bonchev–Trinajstić information content (AvgIpc) is 2.25. The first-order valence-corrected chi connectivity index (χ1v) is 5.52. The molecule has 0 unspecified atom stereocenters. The van der Waals surface area contributed by atoms with Gasteiger partial charge in [-0.2, -0.15) is 0 Å². The zero-order valence-electron chi connectivity index (χ0n) is 9.21. The fourth-order valence-electron chi connectivity index (χ4n) is 1.66. The van der Waals surface area contributed by atoms with Crippen LogP contribution in [0.1, 0.15) is 43.4 Å². The second kappa shape index (κ2) is 5.82. The lowest BCUT2D eigenvalue weighted by Gasteiger charge is -2.06. The van der Waals surface area contributed by atoms with Gasteiger partial charge >= 0.3 is 0 Å². The van der Waals surface area contributed by atoms with Crippen LogP contribution in [0.25, 0.3) is 0 Å². The highest BCUT2D eigenvalue weighted by Crippen LogP contribution is 2.13. The molecule has 1 heteroatoms. The van der Waals surface area contributed by atoms with Crippen LogP contribution in [0.4, 0.5) is 0 Å². The summed E-state index contributed by atoms with van der Waals surface area (Å²) in [6.45, 7) is 4.52. The molecule has 1 aromatic rings. The molecule has 14 heavy (non-hydrogen) atoms. The maximum atomic E-state index is 9.11. The number of rotatable bonds is 5. The molecule has 1 aromatic carbocycles. The lowest BCUT2D eigenvalue weighted by molar-refractivity contribution is 0.281. The van der Waals surface area contributed by atoms with Crippen molar-refractivity contribution in [1.82, 2.24) is 0 Å². The minimum absolute atomic E-state index is 0.160. The van der Waals surface area contributed by atoms with E-state index in [4.69, 9.17) is 5.11 Å². The largest absolute Gasteiger partial charge is 0.392 e. The predicted molar refractivity (Wildman–Crippen MR) is 60.4 cm³/mol. The van der Waals surface area contributed by atoms with Crippen molar-refractivity contribution in [3.8, 4) is 0 Å². The lowest BCUT2D eigenvalue weighted by atomic mass is 10.0. The highest BCUT2D eigenvalue weighted by molar-refractivity contribution is 5.30. The highest BCUT2D eigenvalue weighted by Gasteiger charge is 1.99. The van der Waals surface area contributed by atoms with Crippen molar-refractivity contribution in [3.63, 3.8) is 0 Å². The van der Waals surface area contributed by atoms with E-state index in [1.54, 1.807) is 0 Å². The summed E-state index contributed by atoms with van der Waals surface area (Å²) in [5, 5.41) is 9.11. The third kappa shape index (κ3) is 3.15. The third-order valence-corrected chi connectivity index (χ3v) is 2.52. The smallest absolute Gasteiger partial charge is 0.0682 e. The Labute approximate surface area is 86.8 Å². The highest BCUT2D eigenvalue weighted by atomic mass is 16.3. The molecule has 1 N–H and O–H groups in total. The molecule has 78 valence electrons. The van der Waals surface area contributed by atoms with Gasteiger partial charge in [-0.1, -0.05) is 38.5 Å². The van der Waals surface area contributed by atoms with E-state index in [-0.39, 0.29) is 6.61 Å². The summed E-state index contributed by atoms with van der Waals surface area (Å²) in [4.78, 5) is 0. The Morgan fingerprint density at radius 3 is 2.21 bits per heavy atom. The second-order valence-corrected chi connectivity index (χ2v) is 3.77. The maximum absolute atomic E-state index is 9.11. The molecule has 0 saturated heterocycles. The summed E-state index contributed by atoms with van der Waals surface area (Å²) in [5.74, 6) is 0. The number of unbranched alkanes of at least 4 members (excludes halogenated alkanes) is 1. The number of hydrogen-bond acceptors (Lipinski definition) is 1. The second-order valence-electron chi connectivity index (χ2n) is 3.77. The van der Waals surface area contributed by atoms with Gasteiger partial charge < -0.3 is 5.11 Å². The molecule has 0 aliphatic heterocycles. The van der Waals surface area contributed by atoms with Crippen LogP contribution in [0.5, 0.6) is 0 Å². The van der Waals surface area contributed by atoms with Crippen LogP contribution in [-0.4, -0.2) is 5.11 Å². The Bertz CT molecular complexity index is 256. The van der Waals surface area contributed by atoms with Gasteiger partial charge in [0, 0.05) is 0 Å². The van der Waals surface area contributed by atoms with Gasteiger partial charge in [0.2, 0.25) is 0 Å². The van der Waals surface area contributed by atoms with E-state index in [0.29, 0.717) is 0 Å². The quantitative estimate of drug-likeness (QED) is 0.760. The Balaban J connectivity index is 2.81. The SMILES string of the molecule is CCCCc1cc(CC)cc(CO)c1. The van der Waals surface area contributed by atoms with Crippen molar-refractivity contribution < 1.29 is 5.11 Å². The molecule has 0 fully saturated rings. The third-order valence-electron chi connectivity index (χ3n) is 2.52. The van der Waals surface area contributed by atoms with Gasteiger partial charge in [-0.25, -0.2) is 0 Å². The number of aryl methyl sites for hydroxylation is 2. The fourth-order valence-corrected chi connectivity index (χ4v) is 1.66. The normalized spacial score (nSPS) is 10.5. The number of hydrogen-bond donors (Lipinski definition) is 1. The van der Waals surface area contributed by atoms with Crippen molar-refractivity contribution in [2.24, 2.45) is 0 Å². The van der Waals surface area contributed by atoms with E-state index < -0.39 is 0 Å². The zero-order chi connectivity index (χ0) is 10.4. The van der Waals surface area contributed by atoms with E-state index in [9.17, 15) is 0 Å². The predicted octanol–water partition coefficient (Wildman–Crippen LogP) is 3.08. The summed E-state index contributed by atoms with van der Waals surface area (Å²) in [7, 11) is 0. The van der Waals surface area contributed by atoms with Crippen LogP contribution >= 0.6 is 0 Å². The Morgan fingerprint density at radius 1 is 1.00 bits per heavy atom. The number of aliphatic hydroxyl groups excluding tert-OH is 1. The topological polar surface area (TPSA) is 20.2 Å². The first kappa shape index (κ1) is 11.3. The number of aliphatic hydroxyl groups is 1. The molecular formula is C13H20O. The van der Waals surface area contributed by atoms with Gasteiger partial charge in [0.15, 0.2) is 0 Å². The molecule has 1 nitrogen and oxygen atoms in total. The summed E-state index contributed by atoms with van der Waals surface area (Å²) in [6.07, 6.45) is 4.65.